The summed E-state index contributed by atoms with van der Waals surface area (Å²) < 4.78 is 5.64. The van der Waals surface area contributed by atoms with Crippen molar-refractivity contribution in [3.05, 3.63) is 40.9 Å². The number of nitrogens with one attached hydrogen (secondary N) is 1. The lowest BCUT2D eigenvalue weighted by molar-refractivity contribution is -0.117. The highest BCUT2D eigenvalue weighted by molar-refractivity contribution is 7.13. The number of amides is 2. The van der Waals surface area contributed by atoms with Crippen LogP contribution < -0.4 is 10.1 Å². The molecule has 2 aromatic rings. The molecule has 28 heavy (non-hydrogen) atoms. The molecule has 0 aliphatic rings. The Morgan fingerprint density at radius 1 is 1.25 bits per heavy atom. The third-order valence-corrected chi connectivity index (χ3v) is 4.82. The SMILES string of the molecule is CCCCOc1ccc(C(=O)N(CC(=O)Nc2nc(C)cs2)CC(C)C)cc1. The lowest BCUT2D eigenvalue weighted by Crippen LogP contribution is -2.40. The highest BCUT2D eigenvalue weighted by Gasteiger charge is 2.20. The number of hydrogen-bond donors (Lipinski definition) is 1. The van der Waals surface area contributed by atoms with Crippen LogP contribution in [0.2, 0.25) is 0 Å². The summed E-state index contributed by atoms with van der Waals surface area (Å²) in [6.07, 6.45) is 2.07. The van der Waals surface area contributed by atoms with E-state index in [1.165, 1.54) is 11.3 Å². The van der Waals surface area contributed by atoms with Gasteiger partial charge in [-0.15, -0.1) is 11.3 Å². The molecule has 1 N–H and O–H groups in total. The molecule has 6 nitrogen and oxygen atoms in total. The first-order valence-electron chi connectivity index (χ1n) is 9.63. The molecule has 0 aliphatic heterocycles. The van der Waals surface area contributed by atoms with E-state index in [1.807, 2.05) is 26.2 Å². The molecule has 0 unspecified atom stereocenters. The standard InChI is InChI=1S/C21H29N3O3S/c1-5-6-11-27-18-9-7-17(8-10-18)20(26)24(12-15(2)3)13-19(25)23-21-22-16(4)14-28-21/h7-10,14-15H,5-6,11-13H2,1-4H3,(H,22,23,25). The molecule has 0 aliphatic carbocycles. The van der Waals surface area contributed by atoms with Gasteiger partial charge in [-0.3, -0.25) is 9.59 Å². The van der Waals surface area contributed by atoms with Gasteiger partial charge in [0.05, 0.1) is 12.3 Å². The van der Waals surface area contributed by atoms with Gasteiger partial charge in [0.1, 0.15) is 12.3 Å². The van der Waals surface area contributed by atoms with E-state index in [4.69, 9.17) is 4.74 Å². The first-order valence-corrected chi connectivity index (χ1v) is 10.5. The van der Waals surface area contributed by atoms with E-state index in [0.29, 0.717) is 23.8 Å². The number of aromatic nitrogens is 1. The van der Waals surface area contributed by atoms with E-state index >= 15 is 0 Å². The fourth-order valence-corrected chi connectivity index (χ4v) is 3.32. The Labute approximate surface area is 170 Å². The molecule has 1 heterocycles. The predicted octanol–water partition coefficient (Wildman–Crippen LogP) is 4.37. The fourth-order valence-electron chi connectivity index (χ4n) is 2.61. The highest BCUT2D eigenvalue weighted by atomic mass is 32.1. The molecule has 7 heteroatoms. The Bertz CT molecular complexity index is 771. The van der Waals surface area contributed by atoms with Gasteiger partial charge in [0.2, 0.25) is 5.91 Å². The maximum absolute atomic E-state index is 12.9. The van der Waals surface area contributed by atoms with Crippen LogP contribution in [0.25, 0.3) is 0 Å². The maximum atomic E-state index is 12.9. The van der Waals surface area contributed by atoms with E-state index in [0.717, 1.165) is 24.3 Å². The predicted molar refractivity (Wildman–Crippen MR) is 113 cm³/mol. The smallest absolute Gasteiger partial charge is 0.254 e. The number of unbranched alkanes of at least 4 members (excludes halogenated alkanes) is 1. The number of thiazole rings is 1. The van der Waals surface area contributed by atoms with Crippen LogP contribution in [-0.2, 0) is 4.79 Å². The van der Waals surface area contributed by atoms with Crippen molar-refractivity contribution in [2.75, 3.05) is 25.0 Å². The van der Waals surface area contributed by atoms with Crippen molar-refractivity contribution in [2.45, 2.75) is 40.5 Å². The van der Waals surface area contributed by atoms with Crippen LogP contribution in [0, 0.1) is 12.8 Å². The van der Waals surface area contributed by atoms with Crippen LogP contribution in [0.1, 0.15) is 49.7 Å². The molecular weight excluding hydrogens is 374 g/mol. The molecule has 0 bridgehead atoms. The molecule has 152 valence electrons. The van der Waals surface area contributed by atoms with E-state index in [-0.39, 0.29) is 24.3 Å². The number of carbonyl (C=O) groups is 2. The molecule has 0 atom stereocenters. The topological polar surface area (TPSA) is 71.5 Å². The van der Waals surface area contributed by atoms with Gasteiger partial charge in [-0.2, -0.15) is 0 Å². The molecule has 0 fully saturated rings. The zero-order valence-electron chi connectivity index (χ0n) is 17.0. The minimum Gasteiger partial charge on any atom is -0.494 e. The van der Waals surface area contributed by atoms with Crippen molar-refractivity contribution >= 4 is 28.3 Å². The molecule has 1 aromatic heterocycles. The summed E-state index contributed by atoms with van der Waals surface area (Å²) in [5.41, 5.74) is 1.40. The molecular formula is C21H29N3O3S. The molecule has 0 saturated heterocycles. The van der Waals surface area contributed by atoms with E-state index in [1.54, 1.807) is 29.2 Å². The van der Waals surface area contributed by atoms with Gasteiger partial charge in [-0.05, 0) is 43.5 Å². The summed E-state index contributed by atoms with van der Waals surface area (Å²) in [6.45, 7) is 9.18. The Morgan fingerprint density at radius 2 is 1.96 bits per heavy atom. The van der Waals surface area contributed by atoms with E-state index < -0.39 is 0 Å². The molecule has 0 saturated carbocycles. The molecule has 2 amide bonds. The Balaban J connectivity index is 2.02. The highest BCUT2D eigenvalue weighted by Crippen LogP contribution is 2.17. The minimum atomic E-state index is -0.247. The summed E-state index contributed by atoms with van der Waals surface area (Å²) in [7, 11) is 0. The van der Waals surface area contributed by atoms with Gasteiger partial charge in [-0.25, -0.2) is 4.98 Å². The van der Waals surface area contributed by atoms with Gasteiger partial charge >= 0.3 is 0 Å². The lowest BCUT2D eigenvalue weighted by Gasteiger charge is -2.24. The first-order chi connectivity index (χ1) is 13.4. The third-order valence-electron chi connectivity index (χ3n) is 3.94. The number of hydrogen-bond acceptors (Lipinski definition) is 5. The molecule has 0 spiro atoms. The average Bonchev–Trinajstić information content (AvgIpc) is 3.05. The normalized spacial score (nSPS) is 10.8. The van der Waals surface area contributed by atoms with E-state index in [9.17, 15) is 9.59 Å². The number of ether oxygens (including phenoxy) is 1. The quantitative estimate of drug-likeness (QED) is 0.598. The lowest BCUT2D eigenvalue weighted by atomic mass is 10.1. The van der Waals surface area contributed by atoms with Crippen molar-refractivity contribution in [1.29, 1.82) is 0 Å². The first kappa shape index (κ1) is 21.9. The Morgan fingerprint density at radius 3 is 2.54 bits per heavy atom. The summed E-state index contributed by atoms with van der Waals surface area (Å²) in [6, 6.07) is 7.10. The molecule has 0 radical (unpaired) electrons. The second-order valence-corrected chi connectivity index (χ2v) is 8.01. The van der Waals surface area contributed by atoms with Gasteiger partial charge in [0.15, 0.2) is 5.13 Å². The average molecular weight is 404 g/mol. The van der Waals surface area contributed by atoms with Gasteiger partial charge in [-0.1, -0.05) is 27.2 Å². The Kier molecular flexibility index (Phi) is 8.44. The summed E-state index contributed by atoms with van der Waals surface area (Å²) in [4.78, 5) is 31.1. The van der Waals surface area contributed by atoms with Gasteiger partial charge in [0.25, 0.3) is 5.91 Å². The zero-order chi connectivity index (χ0) is 20.5. The van der Waals surface area contributed by atoms with Crippen LogP contribution in [-0.4, -0.2) is 41.4 Å². The van der Waals surface area contributed by atoms with Gasteiger partial charge < -0.3 is 15.0 Å². The second kappa shape index (κ2) is 10.8. The molecule has 1 aromatic carbocycles. The van der Waals surface area contributed by atoms with Gasteiger partial charge in [0, 0.05) is 17.5 Å². The van der Waals surface area contributed by atoms with Crippen LogP contribution in [0.3, 0.4) is 0 Å². The number of benzene rings is 1. The van der Waals surface area contributed by atoms with Crippen molar-refractivity contribution < 1.29 is 14.3 Å². The zero-order valence-corrected chi connectivity index (χ0v) is 17.8. The van der Waals surface area contributed by atoms with Crippen LogP contribution in [0.4, 0.5) is 5.13 Å². The third kappa shape index (κ3) is 6.96. The monoisotopic (exact) mass is 403 g/mol. The number of carbonyl (C=O) groups excluding carboxylic acids is 2. The number of rotatable bonds is 10. The summed E-state index contributed by atoms with van der Waals surface area (Å²) >= 11 is 1.37. The van der Waals surface area contributed by atoms with Crippen LogP contribution in [0.5, 0.6) is 5.75 Å². The number of anilines is 1. The van der Waals surface area contributed by atoms with Crippen molar-refractivity contribution in [2.24, 2.45) is 5.92 Å². The van der Waals surface area contributed by atoms with Crippen molar-refractivity contribution in [3.63, 3.8) is 0 Å². The summed E-state index contributed by atoms with van der Waals surface area (Å²) in [5.74, 6) is 0.579. The largest absolute Gasteiger partial charge is 0.494 e. The minimum absolute atomic E-state index is 0.00953. The Hall–Kier alpha value is -2.41. The second-order valence-electron chi connectivity index (χ2n) is 7.15. The molecule has 2 rings (SSSR count). The van der Waals surface area contributed by atoms with E-state index in [2.05, 4.69) is 17.2 Å². The van der Waals surface area contributed by atoms with Crippen LogP contribution >= 0.6 is 11.3 Å². The van der Waals surface area contributed by atoms with Crippen LogP contribution in [0.15, 0.2) is 29.6 Å². The van der Waals surface area contributed by atoms with Crippen molar-refractivity contribution in [1.82, 2.24) is 9.88 Å². The number of aryl methyl sites for hydroxylation is 1. The van der Waals surface area contributed by atoms with Crippen molar-refractivity contribution in [3.8, 4) is 5.75 Å². The summed E-state index contributed by atoms with van der Waals surface area (Å²) in [5, 5.41) is 5.19. The fraction of sp³-hybridized carbons (Fsp3) is 0.476. The number of nitrogens with zero attached hydrogens (tertiary/aromatic N) is 2. The maximum Gasteiger partial charge on any atom is 0.254 e.